The first-order valence-corrected chi connectivity index (χ1v) is 12.5. The Morgan fingerprint density at radius 2 is 1.59 bits per heavy atom. The number of rotatable bonds is 11. The molecule has 1 aromatic carbocycles. The molecule has 0 bridgehead atoms. The van der Waals surface area contributed by atoms with E-state index in [0.717, 1.165) is 17.1 Å². The summed E-state index contributed by atoms with van der Waals surface area (Å²) >= 11 is 0. The van der Waals surface area contributed by atoms with Crippen molar-refractivity contribution < 1.29 is 18.6 Å². The van der Waals surface area contributed by atoms with Gasteiger partial charge < -0.3 is 9.30 Å². The predicted octanol–water partition coefficient (Wildman–Crippen LogP) is 5.96. The zero-order valence-electron chi connectivity index (χ0n) is 18.7. The molecule has 0 unspecified atom stereocenters. The standard InChI is InChI=1S/C22H35FN2O3Si/c1-16(2)29(17(3)4,18(5)6)28-27-13-12-22-24-21(14-25(22)15-26-7)19-8-10-20(23)11-9-19/h8-11,14,16-18H,12-13,15H2,1-7H3. The molecule has 1 heterocycles. The van der Waals surface area contributed by atoms with Crippen LogP contribution in [0.25, 0.3) is 11.3 Å². The summed E-state index contributed by atoms with van der Waals surface area (Å²) in [7, 11) is -0.409. The van der Waals surface area contributed by atoms with Crippen molar-refractivity contribution in [3.63, 3.8) is 0 Å². The van der Waals surface area contributed by atoms with E-state index in [0.29, 0.717) is 36.4 Å². The van der Waals surface area contributed by atoms with E-state index in [9.17, 15) is 4.39 Å². The highest BCUT2D eigenvalue weighted by Crippen LogP contribution is 2.42. The van der Waals surface area contributed by atoms with Crippen molar-refractivity contribution in [2.24, 2.45) is 0 Å². The molecule has 1 aromatic heterocycles. The highest BCUT2D eigenvalue weighted by atomic mass is 28.4. The van der Waals surface area contributed by atoms with Crippen LogP contribution in [0.2, 0.25) is 16.6 Å². The molecule has 7 heteroatoms. The molecule has 0 aliphatic rings. The minimum absolute atomic E-state index is 0.260. The van der Waals surface area contributed by atoms with Gasteiger partial charge in [-0.15, -0.1) is 0 Å². The van der Waals surface area contributed by atoms with E-state index in [4.69, 9.17) is 19.2 Å². The van der Waals surface area contributed by atoms with Crippen LogP contribution in [-0.4, -0.2) is 31.6 Å². The van der Waals surface area contributed by atoms with E-state index in [1.54, 1.807) is 19.2 Å². The number of aromatic nitrogens is 2. The zero-order chi connectivity index (χ0) is 21.6. The van der Waals surface area contributed by atoms with Gasteiger partial charge in [0.1, 0.15) is 18.4 Å². The van der Waals surface area contributed by atoms with Crippen LogP contribution in [0.4, 0.5) is 4.39 Å². The number of ether oxygens (including phenoxy) is 1. The number of hydrogen-bond acceptors (Lipinski definition) is 4. The Hall–Kier alpha value is -1.54. The maximum atomic E-state index is 13.2. The van der Waals surface area contributed by atoms with E-state index in [2.05, 4.69) is 41.5 Å². The average molecular weight is 423 g/mol. The molecule has 0 radical (unpaired) electrons. The smallest absolute Gasteiger partial charge is 0.246 e. The summed E-state index contributed by atoms with van der Waals surface area (Å²) in [5.74, 6) is 0.588. The number of imidazole rings is 1. The summed E-state index contributed by atoms with van der Waals surface area (Å²) < 4.78 is 26.6. The number of nitrogens with zero attached hydrogens (tertiary/aromatic N) is 2. The van der Waals surface area contributed by atoms with Crippen LogP contribution < -0.4 is 0 Å². The first-order chi connectivity index (χ1) is 13.7. The van der Waals surface area contributed by atoms with Gasteiger partial charge in [-0.1, -0.05) is 41.5 Å². The highest BCUT2D eigenvalue weighted by molar-refractivity contribution is 6.77. The molecule has 5 nitrogen and oxygen atoms in total. The van der Waals surface area contributed by atoms with E-state index in [1.807, 2.05) is 10.8 Å². The van der Waals surface area contributed by atoms with E-state index >= 15 is 0 Å². The van der Waals surface area contributed by atoms with Crippen LogP contribution in [0, 0.1) is 5.82 Å². The largest absolute Gasteiger partial charge is 0.364 e. The van der Waals surface area contributed by atoms with Crippen LogP contribution in [0.1, 0.15) is 47.4 Å². The van der Waals surface area contributed by atoms with Gasteiger partial charge in [0.15, 0.2) is 0 Å². The molecular formula is C22H35FN2O3Si. The lowest BCUT2D eigenvalue weighted by atomic mass is 10.2. The van der Waals surface area contributed by atoms with Crippen molar-refractivity contribution >= 4 is 8.32 Å². The van der Waals surface area contributed by atoms with Gasteiger partial charge in [-0.3, -0.25) is 4.58 Å². The third-order valence-corrected chi connectivity index (χ3v) is 11.4. The lowest BCUT2D eigenvalue weighted by Crippen LogP contribution is -2.47. The fourth-order valence-electron chi connectivity index (χ4n) is 4.23. The Labute approximate surface area is 175 Å². The third kappa shape index (κ3) is 5.54. The van der Waals surface area contributed by atoms with E-state index in [-0.39, 0.29) is 5.82 Å². The van der Waals surface area contributed by atoms with Crippen LogP contribution in [0.3, 0.4) is 0 Å². The number of halogens is 1. The normalized spacial score (nSPS) is 12.5. The number of benzene rings is 1. The van der Waals surface area contributed by atoms with E-state index in [1.165, 1.54) is 12.1 Å². The van der Waals surface area contributed by atoms with Gasteiger partial charge in [0, 0.05) is 25.3 Å². The summed E-state index contributed by atoms with van der Waals surface area (Å²) in [5, 5.41) is 0. The molecule has 0 amide bonds. The SMILES string of the molecule is COCn1cc(-c2ccc(F)cc2)nc1CCOO[Si](C(C)C)(C(C)C)C(C)C. The lowest BCUT2D eigenvalue weighted by Gasteiger charge is -2.40. The number of methoxy groups -OCH3 is 1. The second-order valence-corrected chi connectivity index (χ2v) is 13.7. The Bertz CT molecular complexity index is 738. The van der Waals surface area contributed by atoms with Crippen LogP contribution in [0.15, 0.2) is 30.5 Å². The minimum Gasteiger partial charge on any atom is -0.364 e. The summed E-state index contributed by atoms with van der Waals surface area (Å²) in [6, 6.07) is 6.34. The average Bonchev–Trinajstić information content (AvgIpc) is 3.04. The first-order valence-electron chi connectivity index (χ1n) is 10.3. The molecule has 2 rings (SSSR count). The fraction of sp³-hybridized carbons (Fsp3) is 0.591. The maximum absolute atomic E-state index is 13.2. The van der Waals surface area contributed by atoms with Crippen LogP contribution in [0.5, 0.6) is 0 Å². The van der Waals surface area contributed by atoms with Gasteiger partial charge in [0.2, 0.25) is 8.32 Å². The zero-order valence-corrected chi connectivity index (χ0v) is 19.7. The molecule has 0 N–H and O–H groups in total. The van der Waals surface area contributed by atoms with Gasteiger partial charge in [-0.2, -0.15) is 0 Å². The maximum Gasteiger partial charge on any atom is 0.246 e. The molecule has 29 heavy (non-hydrogen) atoms. The third-order valence-electron chi connectivity index (χ3n) is 5.59. The monoisotopic (exact) mass is 422 g/mol. The molecule has 0 saturated heterocycles. The molecule has 0 atom stereocenters. The molecule has 162 valence electrons. The lowest BCUT2D eigenvalue weighted by molar-refractivity contribution is -0.222. The summed E-state index contributed by atoms with van der Waals surface area (Å²) in [6.07, 6.45) is 2.52. The van der Waals surface area contributed by atoms with E-state index < -0.39 is 8.32 Å². The fourth-order valence-corrected chi connectivity index (χ4v) is 9.09. The Balaban J connectivity index is 2.08. The molecule has 0 fully saturated rings. The highest BCUT2D eigenvalue weighted by Gasteiger charge is 2.47. The van der Waals surface area contributed by atoms with Gasteiger partial charge in [0.25, 0.3) is 0 Å². The summed E-state index contributed by atoms with van der Waals surface area (Å²) in [6.45, 7) is 14.2. The Morgan fingerprint density at radius 3 is 2.10 bits per heavy atom. The molecule has 0 saturated carbocycles. The van der Waals surface area contributed by atoms with Crippen molar-refractivity contribution in [3.8, 4) is 11.3 Å². The van der Waals surface area contributed by atoms with Gasteiger partial charge in [-0.25, -0.2) is 14.3 Å². The summed E-state index contributed by atoms with van der Waals surface area (Å²) in [4.78, 5) is 10.5. The van der Waals surface area contributed by atoms with Crippen molar-refractivity contribution in [3.05, 3.63) is 42.1 Å². The number of hydrogen-bond donors (Lipinski definition) is 0. The van der Waals surface area contributed by atoms with Gasteiger partial charge in [-0.05, 0) is 40.9 Å². The van der Waals surface area contributed by atoms with Crippen molar-refractivity contribution in [1.82, 2.24) is 9.55 Å². The Morgan fingerprint density at radius 1 is 1.00 bits per heavy atom. The molecule has 0 aliphatic heterocycles. The van der Waals surface area contributed by atoms with Crippen molar-refractivity contribution in [2.45, 2.75) is 71.3 Å². The van der Waals surface area contributed by atoms with Crippen LogP contribution in [-0.2, 0) is 27.4 Å². The van der Waals surface area contributed by atoms with Crippen molar-refractivity contribution in [2.75, 3.05) is 13.7 Å². The topological polar surface area (TPSA) is 45.5 Å². The molecular weight excluding hydrogens is 387 g/mol. The molecule has 0 spiro atoms. The second-order valence-electron chi connectivity index (χ2n) is 8.41. The van der Waals surface area contributed by atoms with Crippen molar-refractivity contribution in [1.29, 1.82) is 0 Å². The van der Waals surface area contributed by atoms with Crippen LogP contribution >= 0.6 is 0 Å². The predicted molar refractivity (Wildman–Crippen MR) is 116 cm³/mol. The van der Waals surface area contributed by atoms with Gasteiger partial charge in [0.05, 0.1) is 12.3 Å². The summed E-state index contributed by atoms with van der Waals surface area (Å²) in [5.41, 5.74) is 3.04. The minimum atomic E-state index is -2.06. The van der Waals surface area contributed by atoms with Gasteiger partial charge >= 0.3 is 0 Å². The molecule has 0 aliphatic carbocycles. The molecule has 2 aromatic rings. The second kappa shape index (κ2) is 10.5. The quantitative estimate of drug-likeness (QED) is 0.194. The Kier molecular flexibility index (Phi) is 8.57. The first kappa shape index (κ1) is 23.7.